The Labute approximate surface area is 116 Å². The molecule has 0 amide bonds. The summed E-state index contributed by atoms with van der Waals surface area (Å²) in [6.45, 7) is 8.27. The topological polar surface area (TPSA) is 72.2 Å². The minimum absolute atomic E-state index is 0.188. The van der Waals surface area contributed by atoms with Gasteiger partial charge in [0.15, 0.2) is 0 Å². The highest BCUT2D eigenvalue weighted by Crippen LogP contribution is 2.23. The molecule has 1 rings (SSSR count). The van der Waals surface area contributed by atoms with E-state index >= 15 is 0 Å². The van der Waals surface area contributed by atoms with Crippen LogP contribution in [0.5, 0.6) is 0 Å². The van der Waals surface area contributed by atoms with Crippen molar-refractivity contribution in [3.63, 3.8) is 0 Å². The molecule has 0 radical (unpaired) electrons. The Balaban J connectivity index is 2.85. The molecule has 0 heterocycles. The third-order valence-electron chi connectivity index (χ3n) is 3.17. The molecule has 0 aliphatic carbocycles. The Hall–Kier alpha value is -1.07. The van der Waals surface area contributed by atoms with Gasteiger partial charge in [-0.25, -0.2) is 13.6 Å². The van der Waals surface area contributed by atoms with Gasteiger partial charge in [0.1, 0.15) is 0 Å². The first-order valence-electron chi connectivity index (χ1n) is 6.60. The summed E-state index contributed by atoms with van der Waals surface area (Å²) in [5.74, 6) is 0.668. The Kier molecular flexibility index (Phi) is 5.38. The van der Waals surface area contributed by atoms with Crippen LogP contribution >= 0.6 is 0 Å². The summed E-state index contributed by atoms with van der Waals surface area (Å²) in [5, 5.41) is 8.56. The van der Waals surface area contributed by atoms with E-state index in [0.29, 0.717) is 17.5 Å². The van der Waals surface area contributed by atoms with Crippen LogP contribution < -0.4 is 10.5 Å². The fraction of sp³-hybridized carbons (Fsp3) is 0.571. The van der Waals surface area contributed by atoms with Gasteiger partial charge >= 0.3 is 0 Å². The van der Waals surface area contributed by atoms with E-state index in [1.807, 2.05) is 6.07 Å². The van der Waals surface area contributed by atoms with Gasteiger partial charge in [0.2, 0.25) is 10.0 Å². The normalized spacial score (nSPS) is 13.6. The average Bonchev–Trinajstić information content (AvgIpc) is 2.27. The molecule has 4 nitrogen and oxygen atoms in total. The molecule has 0 aliphatic rings. The molecule has 0 bridgehead atoms. The first-order valence-corrected chi connectivity index (χ1v) is 8.15. The van der Waals surface area contributed by atoms with Gasteiger partial charge < -0.3 is 5.32 Å². The van der Waals surface area contributed by atoms with Crippen molar-refractivity contribution in [2.45, 2.75) is 51.5 Å². The van der Waals surface area contributed by atoms with Crippen molar-refractivity contribution in [1.82, 2.24) is 0 Å². The minimum atomic E-state index is -3.66. The Bertz CT molecular complexity index is 524. The minimum Gasteiger partial charge on any atom is -0.382 e. The predicted octanol–water partition coefficient (Wildman–Crippen LogP) is 2.88. The summed E-state index contributed by atoms with van der Waals surface area (Å²) in [7, 11) is -3.66. The maximum absolute atomic E-state index is 11.5. The largest absolute Gasteiger partial charge is 0.382 e. The van der Waals surface area contributed by atoms with Crippen LogP contribution in [0.3, 0.4) is 0 Å². The second-order valence-corrected chi connectivity index (χ2v) is 7.02. The number of hydrogen-bond donors (Lipinski definition) is 2. The highest BCUT2D eigenvalue weighted by molar-refractivity contribution is 7.89. The SMILES string of the molecule is Cc1c(NC(C)CCC(C)C)cccc1S(N)(=O)=O. The van der Waals surface area contributed by atoms with Crippen molar-refractivity contribution >= 4 is 15.7 Å². The Morgan fingerprint density at radius 3 is 2.37 bits per heavy atom. The standard InChI is InChI=1S/C14H24N2O2S/c1-10(2)8-9-11(3)16-13-6-5-7-14(12(13)4)19(15,17)18/h5-7,10-11,16H,8-9H2,1-4H3,(H2,15,17,18). The van der Waals surface area contributed by atoms with E-state index in [9.17, 15) is 8.42 Å². The third kappa shape index (κ3) is 4.84. The molecule has 0 saturated heterocycles. The third-order valence-corrected chi connectivity index (χ3v) is 4.22. The molecule has 19 heavy (non-hydrogen) atoms. The Morgan fingerprint density at radius 2 is 1.84 bits per heavy atom. The number of benzene rings is 1. The summed E-state index contributed by atoms with van der Waals surface area (Å²) in [5.41, 5.74) is 1.52. The van der Waals surface area contributed by atoms with Gasteiger partial charge in [-0.1, -0.05) is 19.9 Å². The zero-order valence-electron chi connectivity index (χ0n) is 12.1. The molecule has 1 aromatic carbocycles. The van der Waals surface area contributed by atoms with E-state index in [1.165, 1.54) is 6.07 Å². The van der Waals surface area contributed by atoms with E-state index in [2.05, 4.69) is 26.1 Å². The number of primary sulfonamides is 1. The fourth-order valence-electron chi connectivity index (χ4n) is 2.00. The van der Waals surface area contributed by atoms with Crippen LogP contribution in [0.15, 0.2) is 23.1 Å². The maximum atomic E-state index is 11.5. The number of anilines is 1. The molecule has 3 N–H and O–H groups in total. The van der Waals surface area contributed by atoms with Gasteiger partial charge in [-0.15, -0.1) is 0 Å². The highest BCUT2D eigenvalue weighted by atomic mass is 32.2. The maximum Gasteiger partial charge on any atom is 0.238 e. The number of sulfonamides is 1. The van der Waals surface area contributed by atoms with Crippen LogP contribution in [-0.4, -0.2) is 14.5 Å². The number of hydrogen-bond acceptors (Lipinski definition) is 3. The van der Waals surface area contributed by atoms with Gasteiger partial charge in [-0.3, -0.25) is 0 Å². The van der Waals surface area contributed by atoms with E-state index in [4.69, 9.17) is 5.14 Å². The zero-order valence-corrected chi connectivity index (χ0v) is 12.9. The van der Waals surface area contributed by atoms with Gasteiger partial charge in [0, 0.05) is 11.7 Å². The van der Waals surface area contributed by atoms with Gasteiger partial charge in [0.25, 0.3) is 0 Å². The monoisotopic (exact) mass is 284 g/mol. The Morgan fingerprint density at radius 1 is 1.21 bits per heavy atom. The molecule has 0 spiro atoms. The average molecular weight is 284 g/mol. The van der Waals surface area contributed by atoms with Crippen molar-refractivity contribution in [2.75, 3.05) is 5.32 Å². The van der Waals surface area contributed by atoms with Crippen molar-refractivity contribution in [3.8, 4) is 0 Å². The van der Waals surface area contributed by atoms with Crippen LogP contribution in [0, 0.1) is 12.8 Å². The first-order chi connectivity index (χ1) is 8.71. The van der Waals surface area contributed by atoms with Crippen molar-refractivity contribution in [1.29, 1.82) is 0 Å². The van der Waals surface area contributed by atoms with E-state index in [-0.39, 0.29) is 4.90 Å². The lowest BCUT2D eigenvalue weighted by molar-refractivity contribution is 0.527. The smallest absolute Gasteiger partial charge is 0.238 e. The fourth-order valence-corrected chi connectivity index (χ4v) is 2.80. The van der Waals surface area contributed by atoms with Crippen LogP contribution in [0.1, 0.15) is 39.2 Å². The second-order valence-electron chi connectivity index (χ2n) is 5.49. The lowest BCUT2D eigenvalue weighted by Gasteiger charge is -2.19. The number of nitrogens with two attached hydrogens (primary N) is 1. The molecule has 5 heteroatoms. The van der Waals surface area contributed by atoms with E-state index < -0.39 is 10.0 Å². The molecule has 1 aromatic rings. The molecule has 0 aromatic heterocycles. The van der Waals surface area contributed by atoms with Crippen molar-refractivity contribution in [3.05, 3.63) is 23.8 Å². The molecule has 0 aliphatic heterocycles. The van der Waals surface area contributed by atoms with E-state index in [1.54, 1.807) is 13.0 Å². The molecule has 0 fully saturated rings. The van der Waals surface area contributed by atoms with Crippen molar-refractivity contribution in [2.24, 2.45) is 11.1 Å². The molecular formula is C14H24N2O2S. The summed E-state index contributed by atoms with van der Waals surface area (Å²) in [6, 6.07) is 5.44. The van der Waals surface area contributed by atoms with Crippen LogP contribution in [0.25, 0.3) is 0 Å². The second kappa shape index (κ2) is 6.39. The zero-order chi connectivity index (χ0) is 14.6. The van der Waals surface area contributed by atoms with Crippen LogP contribution in [0.4, 0.5) is 5.69 Å². The molecule has 0 saturated carbocycles. The van der Waals surface area contributed by atoms with Gasteiger partial charge in [-0.2, -0.15) is 0 Å². The lowest BCUT2D eigenvalue weighted by Crippen LogP contribution is -2.19. The van der Waals surface area contributed by atoms with Gasteiger partial charge in [0.05, 0.1) is 4.90 Å². The molecule has 108 valence electrons. The van der Waals surface area contributed by atoms with Crippen LogP contribution in [-0.2, 0) is 10.0 Å². The summed E-state index contributed by atoms with van der Waals surface area (Å²) < 4.78 is 22.9. The summed E-state index contributed by atoms with van der Waals surface area (Å²) in [4.78, 5) is 0.188. The summed E-state index contributed by atoms with van der Waals surface area (Å²) >= 11 is 0. The quantitative estimate of drug-likeness (QED) is 0.843. The lowest BCUT2D eigenvalue weighted by atomic mass is 10.0. The van der Waals surface area contributed by atoms with E-state index in [0.717, 1.165) is 18.5 Å². The first kappa shape index (κ1) is 16.0. The molecule has 1 unspecified atom stereocenters. The predicted molar refractivity (Wildman–Crippen MR) is 79.7 cm³/mol. The van der Waals surface area contributed by atoms with Crippen LogP contribution in [0.2, 0.25) is 0 Å². The van der Waals surface area contributed by atoms with Gasteiger partial charge in [-0.05, 0) is 50.3 Å². The van der Waals surface area contributed by atoms with Crippen molar-refractivity contribution < 1.29 is 8.42 Å². The number of nitrogens with one attached hydrogen (secondary N) is 1. The molecule has 1 atom stereocenters. The summed E-state index contributed by atoms with van der Waals surface area (Å²) in [6.07, 6.45) is 2.19. The highest BCUT2D eigenvalue weighted by Gasteiger charge is 2.14. The molecular weight excluding hydrogens is 260 g/mol. The number of rotatable bonds is 6.